The molecule has 2 aromatic rings. The van der Waals surface area contributed by atoms with Crippen molar-refractivity contribution >= 4 is 28.8 Å². The fourth-order valence-electron chi connectivity index (χ4n) is 3.02. The molecule has 115 valence electrons. The van der Waals surface area contributed by atoms with E-state index in [2.05, 4.69) is 10.3 Å². The fraction of sp³-hybridized carbons (Fsp3) is 0.222. The molecule has 1 fully saturated rings. The van der Waals surface area contributed by atoms with Gasteiger partial charge in [0.15, 0.2) is 0 Å². The second-order valence-corrected chi connectivity index (χ2v) is 5.68. The van der Waals surface area contributed by atoms with Crippen LogP contribution >= 0.6 is 0 Å². The summed E-state index contributed by atoms with van der Waals surface area (Å²) in [6, 6.07) is 15.3. The van der Waals surface area contributed by atoms with Crippen LogP contribution in [0.5, 0.6) is 5.75 Å². The van der Waals surface area contributed by atoms with Crippen LogP contribution in [0, 0.1) is 5.92 Å². The summed E-state index contributed by atoms with van der Waals surface area (Å²) in [6.07, 6.45) is 0.438. The third-order valence-electron chi connectivity index (χ3n) is 4.21. The largest absolute Gasteiger partial charge is 0.497 e. The third-order valence-corrected chi connectivity index (χ3v) is 4.21. The topological polar surface area (TPSA) is 56.0 Å². The summed E-state index contributed by atoms with van der Waals surface area (Å²) in [6.45, 7) is 0.600. The molecule has 0 N–H and O–H groups in total. The minimum Gasteiger partial charge on any atom is -0.497 e. The molecule has 1 atom stereocenters. The van der Waals surface area contributed by atoms with Gasteiger partial charge in [0, 0.05) is 30.6 Å². The van der Waals surface area contributed by atoms with Crippen LogP contribution in [0.25, 0.3) is 0 Å². The van der Waals surface area contributed by atoms with E-state index < -0.39 is 0 Å². The Hall–Kier alpha value is -2.82. The minimum absolute atomic E-state index is 0.0288. The molecule has 0 spiro atoms. The highest BCUT2D eigenvalue weighted by Crippen LogP contribution is 2.35. The number of amides is 1. The number of anilines is 1. The van der Waals surface area contributed by atoms with E-state index in [0.717, 1.165) is 28.6 Å². The molecule has 2 heterocycles. The maximum absolute atomic E-state index is 12.4. The van der Waals surface area contributed by atoms with Crippen LogP contribution in [0.15, 0.2) is 53.5 Å². The van der Waals surface area contributed by atoms with Gasteiger partial charge in [-0.25, -0.2) is 10.3 Å². The Morgan fingerprint density at radius 1 is 1.13 bits per heavy atom. The summed E-state index contributed by atoms with van der Waals surface area (Å²) in [5, 5.41) is 4.58. The van der Waals surface area contributed by atoms with Gasteiger partial charge in [0.2, 0.25) is 5.91 Å². The van der Waals surface area contributed by atoms with Crippen LogP contribution in [0.3, 0.4) is 0 Å². The molecule has 0 bridgehead atoms. The molecule has 1 amide bonds. The van der Waals surface area contributed by atoms with Crippen molar-refractivity contribution in [3.8, 4) is 5.75 Å². The van der Waals surface area contributed by atoms with Gasteiger partial charge in [-0.3, -0.25) is 4.79 Å². The van der Waals surface area contributed by atoms with Gasteiger partial charge in [0.1, 0.15) is 11.6 Å². The quantitative estimate of drug-likeness (QED) is 0.875. The Morgan fingerprint density at radius 3 is 2.74 bits per heavy atom. The molecule has 4 rings (SSSR count). The highest BCUT2D eigenvalue weighted by atomic mass is 16.5. The number of para-hydroxylation sites is 2. The number of amidine groups is 1. The standard InChI is InChI=1S/C18H16N3O2/c1-23-14-6-4-5-13(10-14)21-11-12(9-17(21)22)18-19-15-7-2-3-8-16(15)20-18/h2-8,10,12H,9,11H2,1H3. The molecule has 0 aromatic heterocycles. The van der Waals surface area contributed by atoms with Gasteiger partial charge >= 0.3 is 0 Å². The second-order valence-electron chi connectivity index (χ2n) is 5.68. The van der Waals surface area contributed by atoms with E-state index in [1.54, 1.807) is 12.0 Å². The first kappa shape index (κ1) is 13.8. The van der Waals surface area contributed by atoms with Crippen molar-refractivity contribution < 1.29 is 9.53 Å². The van der Waals surface area contributed by atoms with Crippen LogP contribution in [0.1, 0.15) is 6.42 Å². The summed E-state index contributed by atoms with van der Waals surface area (Å²) in [7, 11) is 1.62. The van der Waals surface area contributed by atoms with Crippen molar-refractivity contribution in [3.05, 3.63) is 48.5 Å². The van der Waals surface area contributed by atoms with Crippen LogP contribution in [-0.2, 0) is 4.79 Å². The van der Waals surface area contributed by atoms with Crippen molar-refractivity contribution in [3.63, 3.8) is 0 Å². The first-order valence-corrected chi connectivity index (χ1v) is 7.58. The van der Waals surface area contributed by atoms with Gasteiger partial charge in [-0.1, -0.05) is 18.2 Å². The molecule has 5 nitrogen and oxygen atoms in total. The lowest BCUT2D eigenvalue weighted by molar-refractivity contribution is -0.117. The molecule has 1 unspecified atom stereocenters. The lowest BCUT2D eigenvalue weighted by Gasteiger charge is -2.17. The van der Waals surface area contributed by atoms with Crippen molar-refractivity contribution in [2.45, 2.75) is 6.42 Å². The molecule has 0 saturated carbocycles. The van der Waals surface area contributed by atoms with Gasteiger partial charge in [-0.05, 0) is 24.3 Å². The highest BCUT2D eigenvalue weighted by molar-refractivity contribution is 6.05. The van der Waals surface area contributed by atoms with E-state index in [0.29, 0.717) is 13.0 Å². The number of aliphatic imine (C=N–C) groups is 1. The van der Waals surface area contributed by atoms with Crippen molar-refractivity contribution in [1.82, 2.24) is 5.32 Å². The fourth-order valence-corrected chi connectivity index (χ4v) is 3.02. The molecule has 2 aliphatic rings. The Morgan fingerprint density at radius 2 is 1.96 bits per heavy atom. The van der Waals surface area contributed by atoms with Gasteiger partial charge in [-0.2, -0.15) is 0 Å². The maximum Gasteiger partial charge on any atom is 0.227 e. The lowest BCUT2D eigenvalue weighted by Crippen LogP contribution is -2.27. The summed E-state index contributed by atoms with van der Waals surface area (Å²) in [4.78, 5) is 18.8. The molecule has 1 radical (unpaired) electrons. The van der Waals surface area contributed by atoms with Crippen LogP contribution < -0.4 is 15.0 Å². The van der Waals surface area contributed by atoms with E-state index in [9.17, 15) is 4.79 Å². The number of rotatable bonds is 3. The van der Waals surface area contributed by atoms with Crippen molar-refractivity contribution in [1.29, 1.82) is 0 Å². The van der Waals surface area contributed by atoms with E-state index in [1.165, 1.54) is 0 Å². The third kappa shape index (κ3) is 2.44. The monoisotopic (exact) mass is 306 g/mol. The Labute approximate surface area is 134 Å². The van der Waals surface area contributed by atoms with E-state index in [4.69, 9.17) is 4.74 Å². The number of ether oxygens (including phenoxy) is 1. The molecular weight excluding hydrogens is 290 g/mol. The van der Waals surface area contributed by atoms with Gasteiger partial charge in [0.25, 0.3) is 0 Å². The number of fused-ring (bicyclic) bond motifs is 1. The first-order valence-electron chi connectivity index (χ1n) is 7.58. The molecule has 5 heteroatoms. The Balaban J connectivity index is 1.55. The number of carbonyl (C=O) groups is 1. The zero-order valence-electron chi connectivity index (χ0n) is 12.8. The molecule has 23 heavy (non-hydrogen) atoms. The van der Waals surface area contributed by atoms with Gasteiger partial charge < -0.3 is 9.64 Å². The van der Waals surface area contributed by atoms with Crippen LogP contribution in [-0.4, -0.2) is 25.4 Å². The average Bonchev–Trinajstić information content (AvgIpc) is 3.18. The predicted octanol–water partition coefficient (Wildman–Crippen LogP) is 3.03. The Kier molecular flexibility index (Phi) is 3.26. The van der Waals surface area contributed by atoms with Gasteiger partial charge in [0.05, 0.1) is 18.5 Å². The first-order chi connectivity index (χ1) is 11.2. The number of methoxy groups -OCH3 is 1. The number of hydrogen-bond donors (Lipinski definition) is 0. The summed E-state index contributed by atoms with van der Waals surface area (Å²) in [5.74, 6) is 1.62. The Bertz CT molecular complexity index is 800. The molecule has 1 saturated heterocycles. The SMILES string of the molecule is COc1cccc(N2CC(C3=Nc4ccccc4[N]3)CC2=O)c1. The van der Waals surface area contributed by atoms with Crippen LogP contribution in [0.4, 0.5) is 17.1 Å². The summed E-state index contributed by atoms with van der Waals surface area (Å²) >= 11 is 0. The molecule has 2 aromatic carbocycles. The minimum atomic E-state index is 0.0288. The molecule has 2 aliphatic heterocycles. The van der Waals surface area contributed by atoms with Crippen molar-refractivity contribution in [2.75, 3.05) is 18.6 Å². The van der Waals surface area contributed by atoms with Crippen molar-refractivity contribution in [2.24, 2.45) is 10.9 Å². The number of benzene rings is 2. The van der Waals surface area contributed by atoms with Gasteiger partial charge in [-0.15, -0.1) is 0 Å². The second kappa shape index (κ2) is 5.43. The normalized spacial score (nSPS) is 19.3. The lowest BCUT2D eigenvalue weighted by atomic mass is 10.1. The van der Waals surface area contributed by atoms with E-state index in [-0.39, 0.29) is 11.8 Å². The zero-order chi connectivity index (χ0) is 15.8. The number of hydrogen-bond acceptors (Lipinski definition) is 3. The zero-order valence-corrected chi connectivity index (χ0v) is 12.8. The maximum atomic E-state index is 12.4. The molecule has 0 aliphatic carbocycles. The van der Waals surface area contributed by atoms with Crippen LogP contribution in [0.2, 0.25) is 0 Å². The number of carbonyl (C=O) groups excluding carboxylic acids is 1. The smallest absolute Gasteiger partial charge is 0.227 e. The van der Waals surface area contributed by atoms with E-state index >= 15 is 0 Å². The summed E-state index contributed by atoms with van der Waals surface area (Å²) < 4.78 is 5.24. The summed E-state index contributed by atoms with van der Waals surface area (Å²) in [5.41, 5.74) is 2.62. The average molecular weight is 306 g/mol. The molecular formula is C18H16N3O2. The predicted molar refractivity (Wildman–Crippen MR) is 88.8 cm³/mol. The number of nitrogens with zero attached hydrogens (tertiary/aromatic N) is 3. The highest BCUT2D eigenvalue weighted by Gasteiger charge is 2.36. The van der Waals surface area contributed by atoms with E-state index in [1.807, 2.05) is 48.5 Å².